The molecule has 0 radical (unpaired) electrons. The fourth-order valence-electron chi connectivity index (χ4n) is 3.86. The van der Waals surface area contributed by atoms with E-state index in [0.29, 0.717) is 11.7 Å². The zero-order valence-corrected chi connectivity index (χ0v) is 17.2. The average molecular weight is 403 g/mol. The van der Waals surface area contributed by atoms with Crippen molar-refractivity contribution in [1.82, 2.24) is 14.7 Å². The van der Waals surface area contributed by atoms with Crippen molar-refractivity contribution >= 4 is 29.4 Å². The SMILES string of the molecule is Cc1nsc(C)c1-c1ccc(NC(=O)[C@@H](NC(=O)O)C2CCC(C)CC2)nc1. The van der Waals surface area contributed by atoms with Crippen LogP contribution in [0.2, 0.25) is 0 Å². The maximum Gasteiger partial charge on any atom is 0.405 e. The molecule has 0 unspecified atom stereocenters. The molecule has 2 amide bonds. The predicted molar refractivity (Wildman–Crippen MR) is 110 cm³/mol. The fraction of sp³-hybridized carbons (Fsp3) is 0.500. The van der Waals surface area contributed by atoms with Crippen molar-refractivity contribution < 1.29 is 14.7 Å². The molecule has 0 bridgehead atoms. The van der Waals surface area contributed by atoms with Crippen LogP contribution in [0, 0.1) is 25.7 Å². The van der Waals surface area contributed by atoms with Gasteiger partial charge in [0.2, 0.25) is 5.91 Å². The van der Waals surface area contributed by atoms with E-state index in [4.69, 9.17) is 5.11 Å². The lowest BCUT2D eigenvalue weighted by atomic mass is 9.79. The summed E-state index contributed by atoms with van der Waals surface area (Å²) in [6.45, 7) is 6.17. The van der Waals surface area contributed by atoms with E-state index in [1.54, 1.807) is 12.3 Å². The number of hydrogen-bond acceptors (Lipinski definition) is 5. The minimum absolute atomic E-state index is 0.00810. The summed E-state index contributed by atoms with van der Waals surface area (Å²) in [5.74, 6) is 0.687. The summed E-state index contributed by atoms with van der Waals surface area (Å²) in [6, 6.07) is 2.87. The minimum Gasteiger partial charge on any atom is -0.465 e. The third-order valence-corrected chi connectivity index (χ3v) is 6.27. The van der Waals surface area contributed by atoms with Gasteiger partial charge in [0, 0.05) is 22.2 Å². The molecule has 2 heterocycles. The van der Waals surface area contributed by atoms with Crippen molar-refractivity contribution in [2.24, 2.45) is 11.8 Å². The molecule has 1 saturated carbocycles. The molecule has 7 nitrogen and oxygen atoms in total. The first kappa shape index (κ1) is 20.3. The molecule has 0 aliphatic heterocycles. The molecule has 2 aromatic heterocycles. The standard InChI is InChI=1S/C20H26N4O3S/c1-11-4-6-14(7-5-11)18(23-20(26)27)19(25)22-16-9-8-15(10-21-16)17-12(2)24-28-13(17)3/h8-11,14,18,23H,4-7H2,1-3H3,(H,26,27)(H,21,22,25)/t11?,14?,18-/m0/s1. The lowest BCUT2D eigenvalue weighted by Crippen LogP contribution is -2.49. The van der Waals surface area contributed by atoms with Crippen molar-refractivity contribution in [2.45, 2.75) is 52.5 Å². The highest BCUT2D eigenvalue weighted by atomic mass is 32.1. The van der Waals surface area contributed by atoms with Crippen LogP contribution >= 0.6 is 11.5 Å². The van der Waals surface area contributed by atoms with Crippen LogP contribution in [0.15, 0.2) is 18.3 Å². The molecule has 2 aromatic rings. The summed E-state index contributed by atoms with van der Waals surface area (Å²) >= 11 is 1.45. The Morgan fingerprint density at radius 3 is 2.46 bits per heavy atom. The second-order valence-electron chi connectivity index (χ2n) is 7.57. The summed E-state index contributed by atoms with van der Waals surface area (Å²) < 4.78 is 4.35. The number of nitrogens with one attached hydrogen (secondary N) is 2. The second-order valence-corrected chi connectivity index (χ2v) is 8.55. The molecule has 1 fully saturated rings. The third-order valence-electron chi connectivity index (χ3n) is 5.43. The van der Waals surface area contributed by atoms with Gasteiger partial charge in [0.15, 0.2) is 0 Å². The Morgan fingerprint density at radius 2 is 1.93 bits per heavy atom. The van der Waals surface area contributed by atoms with Crippen LogP contribution in [0.5, 0.6) is 0 Å². The van der Waals surface area contributed by atoms with E-state index in [0.717, 1.165) is 47.4 Å². The number of carbonyl (C=O) groups is 2. The van der Waals surface area contributed by atoms with Crippen LogP contribution < -0.4 is 10.6 Å². The van der Waals surface area contributed by atoms with Crippen molar-refractivity contribution in [2.75, 3.05) is 5.32 Å². The number of rotatable bonds is 5. The predicted octanol–water partition coefficient (Wildman–Crippen LogP) is 4.22. The van der Waals surface area contributed by atoms with Crippen LogP contribution in [-0.2, 0) is 4.79 Å². The fourth-order valence-corrected chi connectivity index (χ4v) is 4.59. The molecule has 1 atom stereocenters. The Morgan fingerprint density at radius 1 is 1.21 bits per heavy atom. The summed E-state index contributed by atoms with van der Waals surface area (Å²) in [4.78, 5) is 29.4. The highest BCUT2D eigenvalue weighted by Gasteiger charge is 2.32. The van der Waals surface area contributed by atoms with Crippen LogP contribution in [0.1, 0.15) is 43.2 Å². The maximum absolute atomic E-state index is 12.8. The number of nitrogens with zero attached hydrogens (tertiary/aromatic N) is 2. The molecule has 3 N–H and O–H groups in total. The molecule has 0 aromatic carbocycles. The van der Waals surface area contributed by atoms with Crippen molar-refractivity contribution in [3.8, 4) is 11.1 Å². The quantitative estimate of drug-likeness (QED) is 0.694. The molecular formula is C20H26N4O3S. The molecule has 1 aliphatic rings. The Kier molecular flexibility index (Phi) is 6.28. The topological polar surface area (TPSA) is 104 Å². The first-order valence-corrected chi connectivity index (χ1v) is 10.3. The van der Waals surface area contributed by atoms with Gasteiger partial charge in [-0.2, -0.15) is 4.37 Å². The minimum atomic E-state index is -1.18. The lowest BCUT2D eigenvalue weighted by molar-refractivity contribution is -0.119. The number of carboxylic acid groups (broad SMARTS) is 1. The number of anilines is 1. The van der Waals surface area contributed by atoms with Gasteiger partial charge in [-0.3, -0.25) is 4.79 Å². The van der Waals surface area contributed by atoms with Crippen LogP contribution in [0.3, 0.4) is 0 Å². The van der Waals surface area contributed by atoms with Gasteiger partial charge in [0.1, 0.15) is 11.9 Å². The van der Waals surface area contributed by atoms with Gasteiger partial charge in [-0.1, -0.05) is 19.8 Å². The molecular weight excluding hydrogens is 376 g/mol. The van der Waals surface area contributed by atoms with E-state index in [-0.39, 0.29) is 11.8 Å². The van der Waals surface area contributed by atoms with E-state index in [9.17, 15) is 9.59 Å². The highest BCUT2D eigenvalue weighted by Crippen LogP contribution is 2.31. The van der Waals surface area contributed by atoms with E-state index >= 15 is 0 Å². The third kappa shape index (κ3) is 4.67. The summed E-state index contributed by atoms with van der Waals surface area (Å²) in [6.07, 6.45) is 4.23. The maximum atomic E-state index is 12.8. The van der Waals surface area contributed by atoms with E-state index in [1.165, 1.54) is 11.5 Å². The Bertz CT molecular complexity index is 822. The van der Waals surface area contributed by atoms with E-state index < -0.39 is 12.1 Å². The van der Waals surface area contributed by atoms with Gasteiger partial charge in [-0.05, 0) is 62.2 Å². The zero-order chi connectivity index (χ0) is 20.3. The molecule has 150 valence electrons. The zero-order valence-electron chi connectivity index (χ0n) is 16.4. The number of pyridine rings is 1. The average Bonchev–Trinajstić information content (AvgIpc) is 2.99. The molecule has 0 saturated heterocycles. The van der Waals surface area contributed by atoms with Crippen LogP contribution in [0.4, 0.5) is 10.6 Å². The Labute approximate surface area is 168 Å². The van der Waals surface area contributed by atoms with Gasteiger partial charge in [0.25, 0.3) is 0 Å². The van der Waals surface area contributed by atoms with Crippen LogP contribution in [-0.4, -0.2) is 32.5 Å². The van der Waals surface area contributed by atoms with Gasteiger partial charge in [-0.15, -0.1) is 0 Å². The van der Waals surface area contributed by atoms with Gasteiger partial charge >= 0.3 is 6.09 Å². The monoisotopic (exact) mass is 402 g/mol. The number of aryl methyl sites for hydroxylation is 2. The number of amides is 2. The first-order valence-electron chi connectivity index (χ1n) is 9.54. The largest absolute Gasteiger partial charge is 0.465 e. The molecule has 0 spiro atoms. The smallest absolute Gasteiger partial charge is 0.405 e. The summed E-state index contributed by atoms with van der Waals surface area (Å²) in [5, 5.41) is 14.3. The Hall–Kier alpha value is -2.48. The molecule has 3 rings (SSSR count). The number of aromatic nitrogens is 2. The van der Waals surface area contributed by atoms with E-state index in [2.05, 4.69) is 26.9 Å². The molecule has 8 heteroatoms. The normalized spacial score (nSPS) is 20.4. The van der Waals surface area contributed by atoms with Crippen molar-refractivity contribution in [3.05, 3.63) is 28.9 Å². The molecule has 28 heavy (non-hydrogen) atoms. The van der Waals surface area contributed by atoms with Gasteiger partial charge < -0.3 is 15.7 Å². The lowest BCUT2D eigenvalue weighted by Gasteiger charge is -2.31. The summed E-state index contributed by atoms with van der Waals surface area (Å²) in [7, 11) is 0. The van der Waals surface area contributed by atoms with Crippen molar-refractivity contribution in [3.63, 3.8) is 0 Å². The van der Waals surface area contributed by atoms with Crippen molar-refractivity contribution in [1.29, 1.82) is 0 Å². The Balaban J connectivity index is 1.71. The van der Waals surface area contributed by atoms with E-state index in [1.807, 2.05) is 19.9 Å². The number of carbonyl (C=O) groups excluding carboxylic acids is 1. The highest BCUT2D eigenvalue weighted by molar-refractivity contribution is 7.06. The summed E-state index contributed by atoms with van der Waals surface area (Å²) in [5.41, 5.74) is 2.97. The second kappa shape index (κ2) is 8.68. The first-order chi connectivity index (χ1) is 13.3. The van der Waals surface area contributed by atoms with Crippen LogP contribution in [0.25, 0.3) is 11.1 Å². The van der Waals surface area contributed by atoms with Gasteiger partial charge in [-0.25, -0.2) is 9.78 Å². The molecule has 1 aliphatic carbocycles. The number of hydrogen-bond donors (Lipinski definition) is 3. The van der Waals surface area contributed by atoms with Gasteiger partial charge in [0.05, 0.1) is 5.69 Å².